The minimum absolute atomic E-state index is 0.888. The Bertz CT molecular complexity index is 278. The summed E-state index contributed by atoms with van der Waals surface area (Å²) in [5.74, 6) is 5.89. The highest BCUT2D eigenvalue weighted by molar-refractivity contribution is 4.88. The first-order chi connectivity index (χ1) is 10.1. The third-order valence-electron chi connectivity index (χ3n) is 6.53. The van der Waals surface area contributed by atoms with Crippen molar-refractivity contribution in [3.05, 3.63) is 0 Å². The topological polar surface area (TPSA) is 12.0 Å². The Morgan fingerprint density at radius 3 is 2.33 bits per heavy atom. The molecule has 2 saturated carbocycles. The summed E-state index contributed by atoms with van der Waals surface area (Å²) in [7, 11) is 0. The van der Waals surface area contributed by atoms with Crippen molar-refractivity contribution >= 4 is 0 Å². The van der Waals surface area contributed by atoms with Gasteiger partial charge in [-0.1, -0.05) is 40.5 Å². The Morgan fingerprint density at radius 2 is 1.71 bits per heavy atom. The number of hydrogen-bond acceptors (Lipinski definition) is 1. The van der Waals surface area contributed by atoms with E-state index in [0.717, 1.165) is 35.5 Å². The van der Waals surface area contributed by atoms with Crippen LogP contribution in [0.5, 0.6) is 0 Å². The van der Waals surface area contributed by atoms with E-state index in [9.17, 15) is 0 Å². The van der Waals surface area contributed by atoms with Crippen molar-refractivity contribution in [1.29, 1.82) is 0 Å². The molecule has 3 unspecified atom stereocenters. The van der Waals surface area contributed by atoms with Crippen molar-refractivity contribution in [3.63, 3.8) is 0 Å². The van der Waals surface area contributed by atoms with Crippen molar-refractivity contribution < 1.29 is 0 Å². The van der Waals surface area contributed by atoms with Gasteiger partial charge in [-0.05, 0) is 87.1 Å². The first-order valence-corrected chi connectivity index (χ1v) is 9.82. The molecule has 0 heterocycles. The zero-order valence-electron chi connectivity index (χ0n) is 15.0. The van der Waals surface area contributed by atoms with Crippen LogP contribution in [0.3, 0.4) is 0 Å². The van der Waals surface area contributed by atoms with Crippen LogP contribution in [0.2, 0.25) is 0 Å². The Kier molecular flexibility index (Phi) is 7.05. The first kappa shape index (κ1) is 17.3. The molecule has 0 saturated heterocycles. The third kappa shape index (κ3) is 4.98. The normalized spacial score (nSPS) is 37.9. The monoisotopic (exact) mass is 293 g/mol. The largest absolute Gasteiger partial charge is 0.316 e. The SMILES string of the molecule is CCCNCC1CCC(C(C)C)CC1C1CCC(C)CC1. The molecule has 0 aromatic heterocycles. The highest BCUT2D eigenvalue weighted by Crippen LogP contribution is 2.45. The highest BCUT2D eigenvalue weighted by atomic mass is 14.9. The van der Waals surface area contributed by atoms with Gasteiger partial charge in [0.25, 0.3) is 0 Å². The Labute approximate surface area is 133 Å². The zero-order chi connectivity index (χ0) is 15.2. The maximum atomic E-state index is 3.73. The van der Waals surface area contributed by atoms with Crippen LogP contribution in [-0.2, 0) is 0 Å². The minimum atomic E-state index is 0.888. The number of rotatable bonds is 6. The summed E-state index contributed by atoms with van der Waals surface area (Å²) in [5.41, 5.74) is 0. The fourth-order valence-electron chi connectivity index (χ4n) is 4.92. The second kappa shape index (κ2) is 8.56. The molecule has 21 heavy (non-hydrogen) atoms. The summed E-state index contributed by atoms with van der Waals surface area (Å²) in [6, 6.07) is 0. The second-order valence-corrected chi connectivity index (χ2v) is 8.47. The average molecular weight is 294 g/mol. The first-order valence-electron chi connectivity index (χ1n) is 9.82. The van der Waals surface area contributed by atoms with Gasteiger partial charge in [-0.2, -0.15) is 0 Å². The molecular weight excluding hydrogens is 254 g/mol. The molecule has 2 aliphatic rings. The molecule has 2 aliphatic carbocycles. The lowest BCUT2D eigenvalue weighted by molar-refractivity contribution is 0.0713. The molecule has 0 aliphatic heterocycles. The molecule has 1 nitrogen and oxygen atoms in total. The van der Waals surface area contributed by atoms with Gasteiger partial charge in [0.2, 0.25) is 0 Å². The predicted octanol–water partition coefficient (Wildman–Crippen LogP) is 5.50. The van der Waals surface area contributed by atoms with Gasteiger partial charge in [0, 0.05) is 0 Å². The molecule has 0 radical (unpaired) electrons. The quantitative estimate of drug-likeness (QED) is 0.637. The molecule has 0 bridgehead atoms. The summed E-state index contributed by atoms with van der Waals surface area (Å²) in [6.07, 6.45) is 11.8. The Hall–Kier alpha value is -0.0400. The fourth-order valence-corrected chi connectivity index (χ4v) is 4.92. The van der Waals surface area contributed by atoms with Crippen molar-refractivity contribution in [2.75, 3.05) is 13.1 Å². The maximum absolute atomic E-state index is 3.73. The lowest BCUT2D eigenvalue weighted by Gasteiger charge is -2.44. The van der Waals surface area contributed by atoms with Crippen LogP contribution in [0.15, 0.2) is 0 Å². The molecule has 0 amide bonds. The van der Waals surface area contributed by atoms with Crippen LogP contribution in [0.4, 0.5) is 0 Å². The molecular formula is C20H39N. The molecule has 3 atom stereocenters. The Balaban J connectivity index is 1.94. The van der Waals surface area contributed by atoms with Crippen LogP contribution in [-0.4, -0.2) is 13.1 Å². The summed E-state index contributed by atoms with van der Waals surface area (Å²) >= 11 is 0. The second-order valence-electron chi connectivity index (χ2n) is 8.47. The van der Waals surface area contributed by atoms with Crippen LogP contribution in [0.1, 0.15) is 79.1 Å². The van der Waals surface area contributed by atoms with Gasteiger partial charge in [0.05, 0.1) is 0 Å². The van der Waals surface area contributed by atoms with Crippen molar-refractivity contribution in [2.24, 2.45) is 35.5 Å². The van der Waals surface area contributed by atoms with Gasteiger partial charge in [0.1, 0.15) is 0 Å². The lowest BCUT2D eigenvalue weighted by Crippen LogP contribution is -2.39. The van der Waals surface area contributed by atoms with Crippen LogP contribution in [0, 0.1) is 35.5 Å². The standard InChI is InChI=1S/C20H39N/c1-5-12-21-14-19-11-10-18(15(2)3)13-20(19)17-8-6-16(4)7-9-17/h15-21H,5-14H2,1-4H3. The molecule has 124 valence electrons. The summed E-state index contributed by atoms with van der Waals surface area (Å²) in [4.78, 5) is 0. The highest BCUT2D eigenvalue weighted by Gasteiger charge is 2.37. The molecule has 2 rings (SSSR count). The smallest absolute Gasteiger partial charge is 0.00178 e. The van der Waals surface area contributed by atoms with Crippen LogP contribution >= 0.6 is 0 Å². The molecule has 2 fully saturated rings. The van der Waals surface area contributed by atoms with E-state index in [1.165, 1.54) is 64.5 Å². The van der Waals surface area contributed by atoms with Gasteiger partial charge >= 0.3 is 0 Å². The van der Waals surface area contributed by atoms with E-state index in [4.69, 9.17) is 0 Å². The van der Waals surface area contributed by atoms with E-state index >= 15 is 0 Å². The predicted molar refractivity (Wildman–Crippen MR) is 93.4 cm³/mol. The van der Waals surface area contributed by atoms with E-state index in [1.54, 1.807) is 0 Å². The Morgan fingerprint density at radius 1 is 1.00 bits per heavy atom. The average Bonchev–Trinajstić information content (AvgIpc) is 2.48. The van der Waals surface area contributed by atoms with E-state index in [2.05, 4.69) is 33.0 Å². The van der Waals surface area contributed by atoms with Gasteiger partial charge in [-0.25, -0.2) is 0 Å². The van der Waals surface area contributed by atoms with E-state index in [1.807, 2.05) is 0 Å². The number of nitrogens with one attached hydrogen (secondary N) is 1. The van der Waals surface area contributed by atoms with Gasteiger partial charge in [0.15, 0.2) is 0 Å². The maximum Gasteiger partial charge on any atom is -0.00178 e. The number of hydrogen-bond donors (Lipinski definition) is 1. The summed E-state index contributed by atoms with van der Waals surface area (Å²) in [5, 5.41) is 3.73. The van der Waals surface area contributed by atoms with Crippen LogP contribution < -0.4 is 5.32 Å². The van der Waals surface area contributed by atoms with E-state index < -0.39 is 0 Å². The molecule has 1 heteroatoms. The summed E-state index contributed by atoms with van der Waals surface area (Å²) in [6.45, 7) is 12.1. The molecule has 0 aromatic rings. The lowest BCUT2D eigenvalue weighted by atomic mass is 9.62. The van der Waals surface area contributed by atoms with Crippen molar-refractivity contribution in [1.82, 2.24) is 5.32 Å². The zero-order valence-corrected chi connectivity index (χ0v) is 15.0. The van der Waals surface area contributed by atoms with Gasteiger partial charge in [-0.3, -0.25) is 0 Å². The third-order valence-corrected chi connectivity index (χ3v) is 6.53. The summed E-state index contributed by atoms with van der Waals surface area (Å²) < 4.78 is 0. The fraction of sp³-hybridized carbons (Fsp3) is 1.00. The minimum Gasteiger partial charge on any atom is -0.316 e. The van der Waals surface area contributed by atoms with Crippen LogP contribution in [0.25, 0.3) is 0 Å². The van der Waals surface area contributed by atoms with Crippen molar-refractivity contribution in [3.8, 4) is 0 Å². The molecule has 0 spiro atoms. The van der Waals surface area contributed by atoms with Gasteiger partial charge < -0.3 is 5.32 Å². The van der Waals surface area contributed by atoms with E-state index in [0.29, 0.717) is 0 Å². The van der Waals surface area contributed by atoms with Gasteiger partial charge in [-0.15, -0.1) is 0 Å². The van der Waals surface area contributed by atoms with Crippen molar-refractivity contribution in [2.45, 2.75) is 79.1 Å². The van der Waals surface area contributed by atoms with E-state index in [-0.39, 0.29) is 0 Å². The molecule has 1 N–H and O–H groups in total. The molecule has 0 aromatic carbocycles.